The monoisotopic (exact) mass is 248 g/mol. The minimum atomic E-state index is 0.0368. The molecular weight excluding hydrogens is 228 g/mol. The molecule has 5 heteroatoms. The Morgan fingerprint density at radius 3 is 2.89 bits per heavy atom. The first-order valence-corrected chi connectivity index (χ1v) is 6.04. The van der Waals surface area contributed by atoms with Crippen molar-refractivity contribution < 1.29 is 4.74 Å². The molecule has 0 spiro atoms. The van der Waals surface area contributed by atoms with Gasteiger partial charge in [0.25, 0.3) is 0 Å². The molecule has 0 aliphatic rings. The zero-order chi connectivity index (χ0) is 13.2. The van der Waals surface area contributed by atoms with Crippen molar-refractivity contribution in [1.29, 1.82) is 5.26 Å². The topological polar surface area (TPSA) is 75.2 Å². The molecule has 1 rings (SSSR count). The summed E-state index contributed by atoms with van der Waals surface area (Å²) in [6.45, 7) is 2.52. The standard InChI is InChI=1S/C13H20N4O/c1-18-10-9-17(8-4-6-14)13(11-15)12-5-2-3-7-16-12/h2-3,5,7,13H,4,8-11,15H2,1H3. The molecule has 1 unspecified atom stereocenters. The highest BCUT2D eigenvalue weighted by Crippen LogP contribution is 2.17. The average molecular weight is 248 g/mol. The molecule has 2 N–H and O–H groups in total. The molecule has 0 saturated carbocycles. The van der Waals surface area contributed by atoms with Crippen LogP contribution in [-0.4, -0.2) is 43.2 Å². The number of hydrogen-bond donors (Lipinski definition) is 1. The van der Waals surface area contributed by atoms with Crippen LogP contribution >= 0.6 is 0 Å². The van der Waals surface area contributed by atoms with E-state index >= 15 is 0 Å². The molecule has 0 radical (unpaired) electrons. The van der Waals surface area contributed by atoms with Crippen LogP contribution in [0, 0.1) is 11.3 Å². The summed E-state index contributed by atoms with van der Waals surface area (Å²) in [5, 5.41) is 8.71. The Kier molecular flexibility index (Phi) is 6.96. The smallest absolute Gasteiger partial charge is 0.0645 e. The van der Waals surface area contributed by atoms with Crippen molar-refractivity contribution in [3.63, 3.8) is 0 Å². The third-order valence-electron chi connectivity index (χ3n) is 2.79. The van der Waals surface area contributed by atoms with E-state index in [-0.39, 0.29) is 6.04 Å². The molecule has 0 fully saturated rings. The summed E-state index contributed by atoms with van der Waals surface area (Å²) in [6, 6.07) is 7.99. The minimum absolute atomic E-state index is 0.0368. The van der Waals surface area contributed by atoms with Crippen molar-refractivity contribution in [3.05, 3.63) is 30.1 Å². The van der Waals surface area contributed by atoms with E-state index in [9.17, 15) is 0 Å². The first-order chi connectivity index (χ1) is 8.83. The maximum Gasteiger partial charge on any atom is 0.0645 e. The van der Waals surface area contributed by atoms with Gasteiger partial charge in [-0.3, -0.25) is 9.88 Å². The van der Waals surface area contributed by atoms with Gasteiger partial charge in [0.15, 0.2) is 0 Å². The minimum Gasteiger partial charge on any atom is -0.383 e. The second-order valence-electron chi connectivity index (χ2n) is 3.94. The van der Waals surface area contributed by atoms with E-state index in [4.69, 9.17) is 15.7 Å². The molecule has 18 heavy (non-hydrogen) atoms. The van der Waals surface area contributed by atoms with Crippen molar-refractivity contribution in [2.75, 3.05) is 33.4 Å². The van der Waals surface area contributed by atoms with Gasteiger partial charge in [-0.15, -0.1) is 0 Å². The van der Waals surface area contributed by atoms with Gasteiger partial charge in [-0.2, -0.15) is 5.26 Å². The molecule has 1 aromatic rings. The largest absolute Gasteiger partial charge is 0.383 e. The fourth-order valence-electron chi connectivity index (χ4n) is 1.86. The van der Waals surface area contributed by atoms with Gasteiger partial charge in [0.1, 0.15) is 0 Å². The van der Waals surface area contributed by atoms with Gasteiger partial charge in [-0.05, 0) is 12.1 Å². The van der Waals surface area contributed by atoms with E-state index in [1.165, 1.54) is 0 Å². The molecule has 0 aromatic carbocycles. The van der Waals surface area contributed by atoms with Crippen LogP contribution in [0.15, 0.2) is 24.4 Å². The predicted molar refractivity (Wildman–Crippen MR) is 69.7 cm³/mol. The molecule has 98 valence electrons. The maximum atomic E-state index is 8.71. The van der Waals surface area contributed by atoms with E-state index < -0.39 is 0 Å². The molecule has 1 atom stereocenters. The summed E-state index contributed by atoms with van der Waals surface area (Å²) in [6.07, 6.45) is 2.24. The first kappa shape index (κ1) is 14.6. The molecule has 1 heterocycles. The number of hydrogen-bond acceptors (Lipinski definition) is 5. The van der Waals surface area contributed by atoms with Gasteiger partial charge in [-0.25, -0.2) is 0 Å². The number of ether oxygens (including phenoxy) is 1. The number of nitriles is 1. The average Bonchev–Trinajstić information content (AvgIpc) is 2.43. The van der Waals surface area contributed by atoms with Gasteiger partial charge in [0.05, 0.1) is 24.4 Å². The quantitative estimate of drug-likeness (QED) is 0.741. The summed E-state index contributed by atoms with van der Waals surface area (Å²) in [5.41, 5.74) is 6.78. The predicted octanol–water partition coefficient (Wildman–Crippen LogP) is 0.943. The number of rotatable bonds is 8. The highest BCUT2D eigenvalue weighted by molar-refractivity contribution is 5.09. The van der Waals surface area contributed by atoms with Crippen LogP contribution < -0.4 is 5.73 Å². The second-order valence-corrected chi connectivity index (χ2v) is 3.94. The molecule has 1 aromatic heterocycles. The van der Waals surface area contributed by atoms with Crippen molar-refractivity contribution in [1.82, 2.24) is 9.88 Å². The van der Waals surface area contributed by atoms with Crippen molar-refractivity contribution in [2.45, 2.75) is 12.5 Å². The van der Waals surface area contributed by atoms with E-state index in [1.807, 2.05) is 18.2 Å². The molecule has 0 saturated heterocycles. The molecule has 5 nitrogen and oxygen atoms in total. The normalized spacial score (nSPS) is 12.3. The van der Waals surface area contributed by atoms with Crippen LogP contribution in [0.2, 0.25) is 0 Å². The lowest BCUT2D eigenvalue weighted by molar-refractivity contribution is 0.121. The zero-order valence-corrected chi connectivity index (χ0v) is 10.7. The number of nitrogens with two attached hydrogens (primary N) is 1. The number of pyridine rings is 1. The maximum absolute atomic E-state index is 8.71. The van der Waals surface area contributed by atoms with Crippen LogP contribution in [0.3, 0.4) is 0 Å². The molecule has 0 aliphatic carbocycles. The SMILES string of the molecule is COCCN(CCC#N)C(CN)c1ccccn1. The van der Waals surface area contributed by atoms with Crippen LogP contribution in [0.5, 0.6) is 0 Å². The van der Waals surface area contributed by atoms with E-state index in [1.54, 1.807) is 13.3 Å². The Labute approximate surface area is 108 Å². The Morgan fingerprint density at radius 1 is 1.50 bits per heavy atom. The lowest BCUT2D eigenvalue weighted by Gasteiger charge is -2.29. The van der Waals surface area contributed by atoms with Crippen LogP contribution in [0.1, 0.15) is 18.2 Å². The van der Waals surface area contributed by atoms with Gasteiger partial charge in [0, 0.05) is 39.4 Å². The fraction of sp³-hybridized carbons (Fsp3) is 0.538. The molecular formula is C13H20N4O. The number of nitrogens with zero attached hydrogens (tertiary/aromatic N) is 3. The van der Waals surface area contributed by atoms with Gasteiger partial charge in [-0.1, -0.05) is 6.07 Å². The van der Waals surface area contributed by atoms with Crippen LogP contribution in [-0.2, 0) is 4.74 Å². The first-order valence-electron chi connectivity index (χ1n) is 6.04. The summed E-state index contributed by atoms with van der Waals surface area (Å²) in [7, 11) is 1.67. The number of aromatic nitrogens is 1. The third-order valence-corrected chi connectivity index (χ3v) is 2.79. The zero-order valence-electron chi connectivity index (χ0n) is 10.7. The molecule has 0 amide bonds. The van der Waals surface area contributed by atoms with E-state index in [0.717, 1.165) is 12.2 Å². The molecule has 0 aliphatic heterocycles. The van der Waals surface area contributed by atoms with Gasteiger partial charge < -0.3 is 10.5 Å². The highest BCUT2D eigenvalue weighted by Gasteiger charge is 2.19. The Hall–Kier alpha value is -1.48. The van der Waals surface area contributed by atoms with Gasteiger partial charge >= 0.3 is 0 Å². The summed E-state index contributed by atoms with van der Waals surface area (Å²) >= 11 is 0. The fourth-order valence-corrected chi connectivity index (χ4v) is 1.86. The summed E-state index contributed by atoms with van der Waals surface area (Å²) in [5.74, 6) is 0. The summed E-state index contributed by atoms with van der Waals surface area (Å²) in [4.78, 5) is 6.49. The van der Waals surface area contributed by atoms with Gasteiger partial charge in [0.2, 0.25) is 0 Å². The van der Waals surface area contributed by atoms with E-state index in [0.29, 0.717) is 26.1 Å². The van der Waals surface area contributed by atoms with Crippen LogP contribution in [0.25, 0.3) is 0 Å². The summed E-state index contributed by atoms with van der Waals surface area (Å²) < 4.78 is 5.10. The Balaban J connectivity index is 2.76. The van der Waals surface area contributed by atoms with Crippen LogP contribution in [0.4, 0.5) is 0 Å². The van der Waals surface area contributed by atoms with Crippen molar-refractivity contribution in [3.8, 4) is 6.07 Å². The highest BCUT2D eigenvalue weighted by atomic mass is 16.5. The third kappa shape index (κ3) is 4.41. The Bertz CT molecular complexity index is 363. The lowest BCUT2D eigenvalue weighted by atomic mass is 10.1. The Morgan fingerprint density at radius 2 is 2.33 bits per heavy atom. The number of methoxy groups -OCH3 is 1. The second kappa shape index (κ2) is 8.59. The lowest BCUT2D eigenvalue weighted by Crippen LogP contribution is -2.37. The van der Waals surface area contributed by atoms with E-state index in [2.05, 4.69) is 16.0 Å². The van der Waals surface area contributed by atoms with Crippen molar-refractivity contribution >= 4 is 0 Å². The molecule has 0 bridgehead atoms. The van der Waals surface area contributed by atoms with Crippen molar-refractivity contribution in [2.24, 2.45) is 5.73 Å².